The molecule has 0 aromatic heterocycles. The zero-order chi connectivity index (χ0) is 13.9. The number of fused-ring (bicyclic) bond motifs is 1. The minimum absolute atomic E-state index is 0.256. The zero-order valence-electron chi connectivity index (χ0n) is 10.4. The van der Waals surface area contributed by atoms with E-state index in [-0.39, 0.29) is 4.90 Å². The number of halogens is 1. The summed E-state index contributed by atoms with van der Waals surface area (Å²) in [6.45, 7) is 1.11. The quantitative estimate of drug-likeness (QED) is 0.819. The number of hydrogen-bond donors (Lipinski definition) is 2. The molecule has 6 heteroatoms. The molecule has 0 aliphatic rings. The highest BCUT2D eigenvalue weighted by Crippen LogP contribution is 2.25. The monoisotopic (exact) mass is 299 g/mol. The fourth-order valence-electron chi connectivity index (χ4n) is 1.80. The minimum Gasteiger partial charge on any atom is -0.358 e. The SMILES string of the molecule is [NH3+]CCCNS(=O)(=O)c1ccc2c(Cl)cccc2c1. The molecule has 0 amide bonds. The van der Waals surface area contributed by atoms with E-state index in [1.165, 1.54) is 0 Å². The van der Waals surface area contributed by atoms with Crippen molar-refractivity contribution < 1.29 is 14.2 Å². The van der Waals surface area contributed by atoms with Crippen LogP contribution in [0.15, 0.2) is 41.3 Å². The Balaban J connectivity index is 2.35. The van der Waals surface area contributed by atoms with Crippen molar-refractivity contribution in [3.8, 4) is 0 Å². The van der Waals surface area contributed by atoms with Crippen molar-refractivity contribution >= 4 is 32.4 Å². The molecule has 0 heterocycles. The van der Waals surface area contributed by atoms with Crippen LogP contribution in [0.4, 0.5) is 0 Å². The van der Waals surface area contributed by atoms with Crippen LogP contribution in [0.5, 0.6) is 0 Å². The fraction of sp³-hybridized carbons (Fsp3) is 0.231. The van der Waals surface area contributed by atoms with Gasteiger partial charge in [0.25, 0.3) is 0 Å². The van der Waals surface area contributed by atoms with Crippen LogP contribution < -0.4 is 10.5 Å². The normalized spacial score (nSPS) is 11.9. The van der Waals surface area contributed by atoms with Crippen LogP contribution in [-0.2, 0) is 10.0 Å². The highest BCUT2D eigenvalue weighted by atomic mass is 35.5. The lowest BCUT2D eigenvalue weighted by molar-refractivity contribution is -0.367. The molecule has 2 aromatic carbocycles. The highest BCUT2D eigenvalue weighted by molar-refractivity contribution is 7.89. The van der Waals surface area contributed by atoms with Crippen molar-refractivity contribution in [3.63, 3.8) is 0 Å². The number of hydrogen-bond acceptors (Lipinski definition) is 2. The van der Waals surface area contributed by atoms with Crippen molar-refractivity contribution in [2.75, 3.05) is 13.1 Å². The third-order valence-electron chi connectivity index (χ3n) is 2.83. The lowest BCUT2D eigenvalue weighted by Gasteiger charge is -2.07. The maximum atomic E-state index is 12.1. The Morgan fingerprint density at radius 1 is 1.21 bits per heavy atom. The van der Waals surface area contributed by atoms with Gasteiger partial charge in [0.1, 0.15) is 0 Å². The zero-order valence-corrected chi connectivity index (χ0v) is 12.0. The van der Waals surface area contributed by atoms with E-state index in [2.05, 4.69) is 10.5 Å². The van der Waals surface area contributed by atoms with Crippen molar-refractivity contribution in [1.29, 1.82) is 0 Å². The first-order valence-electron chi connectivity index (χ1n) is 6.02. The smallest absolute Gasteiger partial charge is 0.240 e. The van der Waals surface area contributed by atoms with Gasteiger partial charge in [-0.05, 0) is 23.6 Å². The number of nitrogens with one attached hydrogen (secondary N) is 1. The largest absolute Gasteiger partial charge is 0.358 e. The summed E-state index contributed by atoms with van der Waals surface area (Å²) < 4.78 is 26.7. The molecule has 2 rings (SSSR count). The molecule has 0 spiro atoms. The van der Waals surface area contributed by atoms with Crippen LogP contribution in [0.3, 0.4) is 0 Å². The van der Waals surface area contributed by atoms with E-state index in [4.69, 9.17) is 11.6 Å². The van der Waals surface area contributed by atoms with E-state index in [0.717, 1.165) is 17.2 Å². The molecule has 19 heavy (non-hydrogen) atoms. The first-order chi connectivity index (χ1) is 9.04. The van der Waals surface area contributed by atoms with Gasteiger partial charge in [0.2, 0.25) is 10.0 Å². The van der Waals surface area contributed by atoms with E-state index in [1.54, 1.807) is 30.3 Å². The van der Waals surface area contributed by atoms with Gasteiger partial charge in [-0.1, -0.05) is 29.8 Å². The molecule has 0 unspecified atom stereocenters. The lowest BCUT2D eigenvalue weighted by atomic mass is 10.1. The van der Waals surface area contributed by atoms with Gasteiger partial charge in [0, 0.05) is 23.4 Å². The average Bonchev–Trinajstić information content (AvgIpc) is 2.39. The van der Waals surface area contributed by atoms with Gasteiger partial charge >= 0.3 is 0 Å². The summed E-state index contributed by atoms with van der Waals surface area (Å²) in [5.41, 5.74) is 3.68. The molecule has 2 aromatic rings. The molecule has 4 nitrogen and oxygen atoms in total. The maximum absolute atomic E-state index is 12.1. The summed E-state index contributed by atoms with van der Waals surface area (Å²) in [6.07, 6.45) is 0.721. The van der Waals surface area contributed by atoms with Crippen LogP contribution in [0.25, 0.3) is 10.8 Å². The molecule has 0 bridgehead atoms. The summed E-state index contributed by atoms with van der Waals surface area (Å²) in [5.74, 6) is 0. The van der Waals surface area contributed by atoms with Gasteiger partial charge in [0.05, 0.1) is 11.4 Å². The number of rotatable bonds is 5. The van der Waals surface area contributed by atoms with Gasteiger partial charge in [-0.25, -0.2) is 13.1 Å². The Morgan fingerprint density at radius 3 is 2.74 bits per heavy atom. The van der Waals surface area contributed by atoms with Crippen LogP contribution in [-0.4, -0.2) is 21.5 Å². The second-order valence-corrected chi connectivity index (χ2v) is 6.40. The highest BCUT2D eigenvalue weighted by Gasteiger charge is 2.14. The first kappa shape index (κ1) is 14.3. The molecule has 0 saturated heterocycles. The third kappa shape index (κ3) is 3.25. The van der Waals surface area contributed by atoms with Gasteiger partial charge in [-0.2, -0.15) is 0 Å². The third-order valence-corrected chi connectivity index (χ3v) is 4.62. The number of quaternary nitrogens is 1. The second kappa shape index (κ2) is 5.88. The van der Waals surface area contributed by atoms with Crippen LogP contribution in [0.1, 0.15) is 6.42 Å². The molecule has 0 aliphatic carbocycles. The molecule has 4 N–H and O–H groups in total. The Labute approximate surface area is 117 Å². The molecule has 0 aliphatic heterocycles. The van der Waals surface area contributed by atoms with Gasteiger partial charge in [-0.3, -0.25) is 0 Å². The van der Waals surface area contributed by atoms with Crippen LogP contribution >= 0.6 is 11.6 Å². The predicted molar refractivity (Wildman–Crippen MR) is 76.5 cm³/mol. The molecule has 102 valence electrons. The summed E-state index contributed by atoms with van der Waals surface area (Å²) in [6, 6.07) is 10.4. The Kier molecular flexibility index (Phi) is 4.42. The maximum Gasteiger partial charge on any atom is 0.240 e. The second-order valence-electron chi connectivity index (χ2n) is 4.23. The molecule has 0 fully saturated rings. The lowest BCUT2D eigenvalue weighted by Crippen LogP contribution is -2.51. The van der Waals surface area contributed by atoms with E-state index < -0.39 is 10.0 Å². The van der Waals surface area contributed by atoms with E-state index in [9.17, 15) is 8.42 Å². The molecule has 0 saturated carbocycles. The summed E-state index contributed by atoms with van der Waals surface area (Å²) in [5, 5.41) is 2.28. The molecular weight excluding hydrogens is 284 g/mol. The molecule has 0 atom stereocenters. The average molecular weight is 300 g/mol. The van der Waals surface area contributed by atoms with Gasteiger partial charge in [0.15, 0.2) is 0 Å². The van der Waals surface area contributed by atoms with Gasteiger partial charge < -0.3 is 5.73 Å². The topological polar surface area (TPSA) is 73.8 Å². The van der Waals surface area contributed by atoms with E-state index in [1.807, 2.05) is 6.07 Å². The van der Waals surface area contributed by atoms with E-state index in [0.29, 0.717) is 18.1 Å². The standard InChI is InChI=1S/C13H15ClN2O2S/c14-13-4-1-3-10-9-11(5-6-12(10)13)19(17,18)16-8-2-7-15/h1,3-6,9,16H,2,7-8,15H2/p+1. The summed E-state index contributed by atoms with van der Waals surface area (Å²) >= 11 is 6.05. The predicted octanol–water partition coefficient (Wildman–Crippen LogP) is 1.40. The number of sulfonamides is 1. The molecular formula is C13H16ClN2O2S+. The Bertz CT molecular complexity index is 686. The van der Waals surface area contributed by atoms with E-state index >= 15 is 0 Å². The Morgan fingerprint density at radius 2 is 2.00 bits per heavy atom. The van der Waals surface area contributed by atoms with Crippen LogP contribution in [0, 0.1) is 0 Å². The van der Waals surface area contributed by atoms with Crippen molar-refractivity contribution in [1.82, 2.24) is 4.72 Å². The Hall–Kier alpha value is -1.14. The van der Waals surface area contributed by atoms with Crippen LogP contribution in [0.2, 0.25) is 5.02 Å². The first-order valence-corrected chi connectivity index (χ1v) is 7.88. The summed E-state index contributed by atoms with van der Waals surface area (Å²) in [7, 11) is -3.46. The molecule has 0 radical (unpaired) electrons. The number of benzene rings is 2. The summed E-state index contributed by atoms with van der Waals surface area (Å²) in [4.78, 5) is 0.256. The fourth-order valence-corrected chi connectivity index (χ4v) is 3.16. The van der Waals surface area contributed by atoms with Crippen molar-refractivity contribution in [3.05, 3.63) is 41.4 Å². The van der Waals surface area contributed by atoms with Crippen molar-refractivity contribution in [2.45, 2.75) is 11.3 Å². The van der Waals surface area contributed by atoms with Crippen molar-refractivity contribution in [2.24, 2.45) is 0 Å². The van der Waals surface area contributed by atoms with Gasteiger partial charge in [-0.15, -0.1) is 0 Å². The minimum atomic E-state index is -3.46.